The lowest BCUT2D eigenvalue weighted by Crippen LogP contribution is -2.42. The number of nitrogens with zero attached hydrogens (tertiary/aromatic N) is 1. The van der Waals surface area contributed by atoms with Gasteiger partial charge in [0, 0.05) is 6.04 Å². The Hall–Kier alpha value is -1.03. The Labute approximate surface area is 130 Å². The van der Waals surface area contributed by atoms with E-state index in [0.717, 1.165) is 19.3 Å². The van der Waals surface area contributed by atoms with E-state index < -0.39 is 0 Å². The maximum atomic E-state index is 12.8. The fraction of sp³-hybridized carbons (Fsp3) is 0.750. The molecule has 5 heteroatoms. The molecule has 0 aliphatic heterocycles. The number of nitrogens with one attached hydrogen (secondary N) is 1. The second-order valence-corrected chi connectivity index (χ2v) is 6.74. The molecule has 1 aliphatic carbocycles. The minimum Gasteiger partial charge on any atom is -0.297 e. The molecule has 1 heterocycles. The highest BCUT2D eigenvalue weighted by atomic mass is 35.5. The minimum atomic E-state index is -0.369. The predicted molar refractivity (Wildman–Crippen MR) is 86.3 cm³/mol. The molecule has 0 saturated heterocycles. The van der Waals surface area contributed by atoms with Crippen molar-refractivity contribution in [3.63, 3.8) is 0 Å². The van der Waals surface area contributed by atoms with Crippen molar-refractivity contribution < 1.29 is 0 Å². The van der Waals surface area contributed by atoms with E-state index in [4.69, 9.17) is 11.6 Å². The second kappa shape index (κ2) is 6.82. The minimum absolute atomic E-state index is 0.00281. The SMILES string of the molecule is CCC(C1CCCCC1)n1c(=O)[nH]c(Cl)c(C(C)C)c1=O. The van der Waals surface area contributed by atoms with Gasteiger partial charge in [0.15, 0.2) is 0 Å². The fourth-order valence-corrected chi connectivity index (χ4v) is 3.96. The van der Waals surface area contributed by atoms with Gasteiger partial charge in [0.2, 0.25) is 0 Å². The summed E-state index contributed by atoms with van der Waals surface area (Å²) in [6.45, 7) is 5.90. The Morgan fingerprint density at radius 1 is 1.24 bits per heavy atom. The van der Waals surface area contributed by atoms with Crippen molar-refractivity contribution in [2.45, 2.75) is 71.3 Å². The Morgan fingerprint density at radius 3 is 2.38 bits per heavy atom. The standard InChI is InChI=1S/C16H25ClN2O2/c1-4-12(11-8-6-5-7-9-11)19-15(20)13(10(2)3)14(17)18-16(19)21/h10-12H,4-9H2,1-3H3,(H,18,21). The molecule has 1 unspecified atom stereocenters. The summed E-state index contributed by atoms with van der Waals surface area (Å²) in [6, 6.07) is -0.0173. The molecule has 0 aromatic carbocycles. The van der Waals surface area contributed by atoms with Crippen LogP contribution in [-0.4, -0.2) is 9.55 Å². The van der Waals surface area contributed by atoms with Crippen molar-refractivity contribution >= 4 is 11.6 Å². The van der Waals surface area contributed by atoms with Crippen LogP contribution in [0.25, 0.3) is 0 Å². The smallest absolute Gasteiger partial charge is 0.297 e. The predicted octanol–water partition coefficient (Wildman–Crippen LogP) is 3.84. The zero-order valence-electron chi connectivity index (χ0n) is 13.1. The van der Waals surface area contributed by atoms with Crippen LogP contribution in [0.5, 0.6) is 0 Å². The second-order valence-electron chi connectivity index (χ2n) is 6.36. The van der Waals surface area contributed by atoms with Gasteiger partial charge < -0.3 is 0 Å². The summed E-state index contributed by atoms with van der Waals surface area (Å²) >= 11 is 6.07. The molecule has 21 heavy (non-hydrogen) atoms. The fourth-order valence-electron chi connectivity index (χ4n) is 3.58. The first-order valence-electron chi connectivity index (χ1n) is 8.01. The number of aromatic nitrogens is 2. The molecular formula is C16H25ClN2O2. The number of hydrogen-bond donors (Lipinski definition) is 1. The van der Waals surface area contributed by atoms with Gasteiger partial charge in [0.05, 0.1) is 5.56 Å². The van der Waals surface area contributed by atoms with Crippen LogP contribution in [0.1, 0.15) is 76.8 Å². The molecule has 1 atom stereocenters. The van der Waals surface area contributed by atoms with Gasteiger partial charge >= 0.3 is 5.69 Å². The third-order valence-electron chi connectivity index (χ3n) is 4.64. The lowest BCUT2D eigenvalue weighted by Gasteiger charge is -2.30. The molecule has 0 amide bonds. The van der Waals surface area contributed by atoms with Gasteiger partial charge in [-0.3, -0.25) is 14.3 Å². The first-order valence-corrected chi connectivity index (χ1v) is 8.39. The summed E-state index contributed by atoms with van der Waals surface area (Å²) in [5.41, 5.74) is -0.0616. The number of hydrogen-bond acceptors (Lipinski definition) is 2. The van der Waals surface area contributed by atoms with Gasteiger partial charge in [0.1, 0.15) is 5.15 Å². The van der Waals surface area contributed by atoms with Crippen LogP contribution in [0.15, 0.2) is 9.59 Å². The van der Waals surface area contributed by atoms with E-state index in [1.165, 1.54) is 23.8 Å². The Morgan fingerprint density at radius 2 is 1.86 bits per heavy atom. The van der Waals surface area contributed by atoms with Crippen molar-refractivity contribution in [2.75, 3.05) is 0 Å². The molecule has 1 N–H and O–H groups in total. The zero-order valence-corrected chi connectivity index (χ0v) is 13.9. The van der Waals surface area contributed by atoms with Crippen molar-refractivity contribution in [1.29, 1.82) is 0 Å². The highest BCUT2D eigenvalue weighted by molar-refractivity contribution is 6.30. The van der Waals surface area contributed by atoms with Gasteiger partial charge in [0.25, 0.3) is 5.56 Å². The van der Waals surface area contributed by atoms with Gasteiger partial charge in [-0.05, 0) is 31.1 Å². The van der Waals surface area contributed by atoms with Crippen LogP contribution < -0.4 is 11.2 Å². The van der Waals surface area contributed by atoms with E-state index in [2.05, 4.69) is 11.9 Å². The average Bonchev–Trinajstić information content (AvgIpc) is 2.43. The first kappa shape index (κ1) is 16.3. The molecule has 1 aromatic rings. The average molecular weight is 313 g/mol. The highest BCUT2D eigenvalue weighted by Crippen LogP contribution is 2.33. The van der Waals surface area contributed by atoms with Gasteiger partial charge in [-0.25, -0.2) is 4.79 Å². The van der Waals surface area contributed by atoms with Gasteiger partial charge in [-0.2, -0.15) is 0 Å². The third-order valence-corrected chi connectivity index (χ3v) is 4.94. The molecule has 1 aromatic heterocycles. The van der Waals surface area contributed by atoms with E-state index in [0.29, 0.717) is 11.5 Å². The first-order chi connectivity index (χ1) is 9.97. The van der Waals surface area contributed by atoms with E-state index >= 15 is 0 Å². The molecule has 0 spiro atoms. The molecule has 1 aliphatic rings. The van der Waals surface area contributed by atoms with Crippen molar-refractivity contribution in [3.8, 4) is 0 Å². The number of rotatable bonds is 4. The van der Waals surface area contributed by atoms with Gasteiger partial charge in [-0.1, -0.05) is 51.6 Å². The van der Waals surface area contributed by atoms with E-state index in [9.17, 15) is 9.59 Å². The number of halogens is 1. The number of aromatic amines is 1. The molecule has 1 saturated carbocycles. The van der Waals surface area contributed by atoms with Gasteiger partial charge in [-0.15, -0.1) is 0 Å². The van der Waals surface area contributed by atoms with E-state index in [1.807, 2.05) is 13.8 Å². The van der Waals surface area contributed by atoms with Crippen LogP contribution in [0.2, 0.25) is 5.15 Å². The molecule has 4 nitrogen and oxygen atoms in total. The summed E-state index contributed by atoms with van der Waals surface area (Å²) < 4.78 is 1.43. The molecule has 118 valence electrons. The van der Waals surface area contributed by atoms with E-state index in [-0.39, 0.29) is 28.4 Å². The molecule has 0 radical (unpaired) electrons. The van der Waals surface area contributed by atoms with Crippen LogP contribution in [0, 0.1) is 5.92 Å². The Kier molecular flexibility index (Phi) is 5.31. The van der Waals surface area contributed by atoms with Crippen molar-refractivity contribution in [1.82, 2.24) is 9.55 Å². The maximum absolute atomic E-state index is 12.8. The van der Waals surface area contributed by atoms with Crippen molar-refractivity contribution in [2.24, 2.45) is 5.92 Å². The number of H-pyrrole nitrogens is 1. The Balaban J connectivity index is 2.53. The van der Waals surface area contributed by atoms with Crippen LogP contribution in [0.4, 0.5) is 0 Å². The largest absolute Gasteiger partial charge is 0.329 e. The summed E-state index contributed by atoms with van der Waals surface area (Å²) in [5.74, 6) is 0.417. The molecule has 1 fully saturated rings. The topological polar surface area (TPSA) is 54.9 Å². The van der Waals surface area contributed by atoms with Crippen molar-refractivity contribution in [3.05, 3.63) is 31.6 Å². The summed E-state index contributed by atoms with van der Waals surface area (Å²) in [7, 11) is 0. The quantitative estimate of drug-likeness (QED) is 0.859. The molecule has 0 bridgehead atoms. The summed E-state index contributed by atoms with van der Waals surface area (Å²) in [5, 5.41) is 0.190. The summed E-state index contributed by atoms with van der Waals surface area (Å²) in [4.78, 5) is 27.7. The lowest BCUT2D eigenvalue weighted by atomic mass is 9.82. The monoisotopic (exact) mass is 312 g/mol. The third kappa shape index (κ3) is 3.25. The van der Waals surface area contributed by atoms with Crippen LogP contribution in [-0.2, 0) is 0 Å². The Bertz CT molecular complexity index is 597. The maximum Gasteiger partial charge on any atom is 0.329 e. The normalized spacial score (nSPS) is 18.1. The lowest BCUT2D eigenvalue weighted by molar-refractivity contribution is 0.232. The van der Waals surface area contributed by atoms with E-state index in [1.54, 1.807) is 0 Å². The summed E-state index contributed by atoms with van der Waals surface area (Å²) in [6.07, 6.45) is 6.65. The zero-order chi connectivity index (χ0) is 15.6. The highest BCUT2D eigenvalue weighted by Gasteiger charge is 2.28. The molecular weight excluding hydrogens is 288 g/mol. The van der Waals surface area contributed by atoms with Crippen LogP contribution >= 0.6 is 11.6 Å². The van der Waals surface area contributed by atoms with Crippen LogP contribution in [0.3, 0.4) is 0 Å². The molecule has 2 rings (SSSR count).